The molecule has 0 aliphatic carbocycles. The second-order valence-corrected chi connectivity index (χ2v) is 5.78. The van der Waals surface area contributed by atoms with Crippen molar-refractivity contribution in [2.45, 2.75) is 39.2 Å². The molecule has 0 aromatic heterocycles. The third-order valence-electron chi connectivity index (χ3n) is 2.64. The summed E-state index contributed by atoms with van der Waals surface area (Å²) in [5.74, 6) is 0.997. The zero-order valence-electron chi connectivity index (χ0n) is 12.6. The lowest BCUT2D eigenvalue weighted by Gasteiger charge is -2.19. The van der Waals surface area contributed by atoms with Crippen molar-refractivity contribution in [1.82, 2.24) is 5.32 Å². The summed E-state index contributed by atoms with van der Waals surface area (Å²) in [7, 11) is 0. The number of carbonyl (C=O) groups is 1. The van der Waals surface area contributed by atoms with Gasteiger partial charge in [-0.1, -0.05) is 26.0 Å². The Balaban J connectivity index is 0.00000361. The van der Waals surface area contributed by atoms with E-state index >= 15 is 0 Å². The van der Waals surface area contributed by atoms with E-state index in [1.165, 1.54) is 5.56 Å². The molecule has 1 amide bonds. The van der Waals surface area contributed by atoms with Crippen LogP contribution in [0.15, 0.2) is 24.3 Å². The number of carbonyl (C=O) groups excluding carboxylic acids is 1. The standard InChI is InChI=1S/C15H24N2O2.ClH/c1-11(2)12-6-5-7-13(8-12)19-9-14(18)17-10-15(3,4)16;/h5-8,11H,9-10,16H2,1-4H3,(H,17,18);1H. The van der Waals surface area contributed by atoms with Gasteiger partial charge in [0.25, 0.3) is 5.91 Å². The van der Waals surface area contributed by atoms with Gasteiger partial charge in [-0.15, -0.1) is 12.4 Å². The predicted molar refractivity (Wildman–Crippen MR) is 84.6 cm³/mol. The Morgan fingerprint density at radius 1 is 1.40 bits per heavy atom. The molecule has 20 heavy (non-hydrogen) atoms. The molecule has 0 atom stereocenters. The van der Waals surface area contributed by atoms with E-state index in [2.05, 4.69) is 25.2 Å². The molecular formula is C15H25ClN2O2. The molecule has 4 nitrogen and oxygen atoms in total. The van der Waals surface area contributed by atoms with Gasteiger partial charge in [0.05, 0.1) is 0 Å². The minimum absolute atomic E-state index is 0. The largest absolute Gasteiger partial charge is 0.484 e. The van der Waals surface area contributed by atoms with Crippen LogP contribution >= 0.6 is 12.4 Å². The first kappa shape index (κ1) is 18.7. The Labute approximate surface area is 127 Å². The molecule has 0 aliphatic heterocycles. The molecule has 0 unspecified atom stereocenters. The first-order valence-electron chi connectivity index (χ1n) is 6.56. The SMILES string of the molecule is CC(C)c1cccc(OCC(=O)NCC(C)(C)N)c1.Cl. The summed E-state index contributed by atoms with van der Waals surface area (Å²) in [6.45, 7) is 8.41. The highest BCUT2D eigenvalue weighted by molar-refractivity contribution is 5.85. The van der Waals surface area contributed by atoms with Crippen LogP contribution in [0.4, 0.5) is 0 Å². The molecule has 5 heteroatoms. The highest BCUT2D eigenvalue weighted by atomic mass is 35.5. The van der Waals surface area contributed by atoms with Crippen LogP contribution in [-0.2, 0) is 4.79 Å². The van der Waals surface area contributed by atoms with E-state index in [0.717, 1.165) is 0 Å². The minimum atomic E-state index is -0.410. The lowest BCUT2D eigenvalue weighted by molar-refractivity contribution is -0.123. The van der Waals surface area contributed by atoms with E-state index in [-0.39, 0.29) is 24.9 Å². The molecule has 1 aromatic carbocycles. The molecule has 0 fully saturated rings. The Morgan fingerprint density at radius 2 is 2.05 bits per heavy atom. The fourth-order valence-electron chi connectivity index (χ4n) is 1.49. The van der Waals surface area contributed by atoms with Gasteiger partial charge in [0.2, 0.25) is 0 Å². The van der Waals surface area contributed by atoms with Gasteiger partial charge in [-0.3, -0.25) is 4.79 Å². The van der Waals surface area contributed by atoms with E-state index < -0.39 is 5.54 Å². The topological polar surface area (TPSA) is 64.3 Å². The number of benzene rings is 1. The maximum atomic E-state index is 11.6. The van der Waals surface area contributed by atoms with Crippen molar-refractivity contribution in [2.24, 2.45) is 5.73 Å². The normalized spacial score (nSPS) is 10.9. The molecule has 1 rings (SSSR count). The molecule has 0 heterocycles. The average molecular weight is 301 g/mol. The zero-order valence-corrected chi connectivity index (χ0v) is 13.4. The van der Waals surface area contributed by atoms with E-state index in [1.54, 1.807) is 0 Å². The Bertz CT molecular complexity index is 428. The number of nitrogens with two attached hydrogens (primary N) is 1. The van der Waals surface area contributed by atoms with Crippen LogP contribution in [0, 0.1) is 0 Å². The van der Waals surface area contributed by atoms with Crippen LogP contribution in [0.5, 0.6) is 5.75 Å². The number of nitrogens with one attached hydrogen (secondary N) is 1. The molecule has 0 bridgehead atoms. The van der Waals surface area contributed by atoms with Crippen LogP contribution in [0.2, 0.25) is 0 Å². The molecule has 0 aliphatic rings. The second-order valence-electron chi connectivity index (χ2n) is 5.78. The van der Waals surface area contributed by atoms with Gasteiger partial charge in [-0.25, -0.2) is 0 Å². The Hall–Kier alpha value is -1.26. The van der Waals surface area contributed by atoms with Crippen LogP contribution in [-0.4, -0.2) is 24.6 Å². The minimum Gasteiger partial charge on any atom is -0.484 e. The highest BCUT2D eigenvalue weighted by Gasteiger charge is 2.12. The van der Waals surface area contributed by atoms with E-state index in [4.69, 9.17) is 10.5 Å². The number of hydrogen-bond donors (Lipinski definition) is 2. The quantitative estimate of drug-likeness (QED) is 0.848. The summed E-state index contributed by atoms with van der Waals surface area (Å²) in [4.78, 5) is 11.6. The van der Waals surface area contributed by atoms with Crippen LogP contribution in [0.1, 0.15) is 39.2 Å². The van der Waals surface area contributed by atoms with Crippen LogP contribution in [0.3, 0.4) is 0 Å². The summed E-state index contributed by atoms with van der Waals surface area (Å²) >= 11 is 0. The van der Waals surface area contributed by atoms with E-state index in [0.29, 0.717) is 18.2 Å². The number of rotatable bonds is 6. The van der Waals surface area contributed by atoms with Gasteiger partial charge in [0.15, 0.2) is 6.61 Å². The van der Waals surface area contributed by atoms with Crippen molar-refractivity contribution in [2.75, 3.05) is 13.2 Å². The highest BCUT2D eigenvalue weighted by Crippen LogP contribution is 2.19. The van der Waals surface area contributed by atoms with Crippen LogP contribution < -0.4 is 15.8 Å². The molecule has 3 N–H and O–H groups in total. The van der Waals surface area contributed by atoms with Gasteiger partial charge >= 0.3 is 0 Å². The molecule has 114 valence electrons. The summed E-state index contributed by atoms with van der Waals surface area (Å²) in [5, 5.41) is 2.74. The molecule has 0 saturated carbocycles. The Kier molecular flexibility index (Phi) is 7.61. The third kappa shape index (κ3) is 7.36. The van der Waals surface area contributed by atoms with Gasteiger partial charge < -0.3 is 15.8 Å². The maximum Gasteiger partial charge on any atom is 0.258 e. The lowest BCUT2D eigenvalue weighted by atomic mass is 10.0. The van der Waals surface area contributed by atoms with Gasteiger partial charge in [-0.2, -0.15) is 0 Å². The first-order valence-corrected chi connectivity index (χ1v) is 6.56. The third-order valence-corrected chi connectivity index (χ3v) is 2.64. The van der Waals surface area contributed by atoms with Crippen LogP contribution in [0.25, 0.3) is 0 Å². The maximum absolute atomic E-state index is 11.6. The fourth-order valence-corrected chi connectivity index (χ4v) is 1.49. The molecule has 1 aromatic rings. The predicted octanol–water partition coefficient (Wildman–Crippen LogP) is 2.46. The second kappa shape index (κ2) is 8.12. The number of hydrogen-bond acceptors (Lipinski definition) is 3. The van der Waals surface area contributed by atoms with Crippen molar-refractivity contribution < 1.29 is 9.53 Å². The van der Waals surface area contributed by atoms with Crippen molar-refractivity contribution in [1.29, 1.82) is 0 Å². The molecule has 0 saturated heterocycles. The van der Waals surface area contributed by atoms with Crippen molar-refractivity contribution in [3.63, 3.8) is 0 Å². The Morgan fingerprint density at radius 3 is 2.60 bits per heavy atom. The average Bonchev–Trinajstić information content (AvgIpc) is 2.33. The van der Waals surface area contributed by atoms with Gasteiger partial charge in [-0.05, 0) is 37.5 Å². The molecular weight excluding hydrogens is 276 g/mol. The summed E-state index contributed by atoms with van der Waals surface area (Å²) < 4.78 is 5.47. The van der Waals surface area contributed by atoms with Crippen molar-refractivity contribution in [3.05, 3.63) is 29.8 Å². The van der Waals surface area contributed by atoms with Crippen molar-refractivity contribution >= 4 is 18.3 Å². The summed E-state index contributed by atoms with van der Waals surface area (Å²) in [6.07, 6.45) is 0. The number of halogens is 1. The summed E-state index contributed by atoms with van der Waals surface area (Å²) in [6, 6.07) is 7.80. The zero-order chi connectivity index (χ0) is 14.5. The van der Waals surface area contributed by atoms with Crippen molar-refractivity contribution in [3.8, 4) is 5.75 Å². The fraction of sp³-hybridized carbons (Fsp3) is 0.533. The molecule has 0 radical (unpaired) electrons. The summed E-state index contributed by atoms with van der Waals surface area (Å²) in [5.41, 5.74) is 6.57. The van der Waals surface area contributed by atoms with E-state index in [1.807, 2.05) is 32.0 Å². The monoisotopic (exact) mass is 300 g/mol. The number of ether oxygens (including phenoxy) is 1. The molecule has 0 spiro atoms. The first-order chi connectivity index (χ1) is 8.78. The van der Waals surface area contributed by atoms with E-state index in [9.17, 15) is 4.79 Å². The lowest BCUT2D eigenvalue weighted by Crippen LogP contribution is -2.46. The van der Waals surface area contributed by atoms with Gasteiger partial charge in [0, 0.05) is 12.1 Å². The number of amides is 1. The smallest absolute Gasteiger partial charge is 0.258 e. The van der Waals surface area contributed by atoms with Gasteiger partial charge in [0.1, 0.15) is 5.75 Å².